The van der Waals surface area contributed by atoms with Crippen LogP contribution >= 0.6 is 0 Å². The van der Waals surface area contributed by atoms with Gasteiger partial charge in [0.15, 0.2) is 0 Å². The number of hydrogen-bond acceptors (Lipinski definition) is 4. The molecule has 1 aromatic rings. The lowest BCUT2D eigenvalue weighted by molar-refractivity contribution is 0.0505. The SMILES string of the molecule is C[C@H](CNC(=O)OC(C)(C)C)Oc1cccc(OCC2CCCC2)c1. The van der Waals surface area contributed by atoms with Gasteiger partial charge in [-0.1, -0.05) is 18.9 Å². The molecule has 0 saturated heterocycles. The molecule has 5 heteroatoms. The van der Waals surface area contributed by atoms with Crippen LogP contribution in [0.4, 0.5) is 4.79 Å². The molecule has 2 rings (SSSR count). The highest BCUT2D eigenvalue weighted by molar-refractivity contribution is 5.67. The van der Waals surface area contributed by atoms with E-state index in [-0.39, 0.29) is 6.10 Å². The van der Waals surface area contributed by atoms with Crippen LogP contribution in [0.15, 0.2) is 24.3 Å². The molecule has 0 unspecified atom stereocenters. The second-order valence-electron chi connectivity index (χ2n) is 7.75. The lowest BCUT2D eigenvalue weighted by Gasteiger charge is -2.21. The first-order valence-electron chi connectivity index (χ1n) is 9.18. The Bertz CT molecular complexity index is 547. The van der Waals surface area contributed by atoms with Gasteiger partial charge in [0.05, 0.1) is 13.2 Å². The van der Waals surface area contributed by atoms with E-state index in [1.807, 2.05) is 52.0 Å². The van der Waals surface area contributed by atoms with Crippen molar-refractivity contribution in [3.63, 3.8) is 0 Å². The zero-order valence-corrected chi connectivity index (χ0v) is 15.8. The molecule has 0 radical (unpaired) electrons. The third kappa shape index (κ3) is 7.67. The number of ether oxygens (including phenoxy) is 3. The first-order chi connectivity index (χ1) is 11.8. The number of benzene rings is 1. The van der Waals surface area contributed by atoms with Crippen LogP contribution in [0.1, 0.15) is 53.4 Å². The molecule has 1 fully saturated rings. The molecule has 0 bridgehead atoms. The average Bonchev–Trinajstić information content (AvgIpc) is 3.03. The van der Waals surface area contributed by atoms with Crippen LogP contribution < -0.4 is 14.8 Å². The molecule has 5 nitrogen and oxygen atoms in total. The van der Waals surface area contributed by atoms with Gasteiger partial charge in [-0.15, -0.1) is 0 Å². The summed E-state index contributed by atoms with van der Waals surface area (Å²) < 4.78 is 17.0. The molecule has 0 aliphatic heterocycles. The summed E-state index contributed by atoms with van der Waals surface area (Å²) in [6, 6.07) is 7.67. The van der Waals surface area contributed by atoms with Crippen LogP contribution in [-0.2, 0) is 4.74 Å². The maximum absolute atomic E-state index is 11.7. The highest BCUT2D eigenvalue weighted by atomic mass is 16.6. The lowest BCUT2D eigenvalue weighted by atomic mass is 10.1. The van der Waals surface area contributed by atoms with Gasteiger partial charge in [0.2, 0.25) is 0 Å². The number of alkyl carbamates (subject to hydrolysis) is 1. The zero-order valence-electron chi connectivity index (χ0n) is 15.8. The summed E-state index contributed by atoms with van der Waals surface area (Å²) in [5.41, 5.74) is -0.501. The molecule has 1 amide bonds. The number of hydrogen-bond donors (Lipinski definition) is 1. The average molecular weight is 349 g/mol. The van der Waals surface area contributed by atoms with Crippen molar-refractivity contribution in [3.05, 3.63) is 24.3 Å². The summed E-state index contributed by atoms with van der Waals surface area (Å²) >= 11 is 0. The van der Waals surface area contributed by atoms with Crippen molar-refractivity contribution in [1.29, 1.82) is 0 Å². The van der Waals surface area contributed by atoms with E-state index in [0.29, 0.717) is 12.5 Å². The van der Waals surface area contributed by atoms with E-state index in [0.717, 1.165) is 18.1 Å². The topological polar surface area (TPSA) is 56.8 Å². The van der Waals surface area contributed by atoms with Crippen molar-refractivity contribution in [2.24, 2.45) is 5.92 Å². The zero-order chi connectivity index (χ0) is 18.3. The number of carbonyl (C=O) groups is 1. The van der Waals surface area contributed by atoms with E-state index in [9.17, 15) is 4.79 Å². The Labute approximate surface area is 151 Å². The Hall–Kier alpha value is -1.91. The second kappa shape index (κ2) is 8.97. The van der Waals surface area contributed by atoms with Crippen LogP contribution in [-0.4, -0.2) is 30.9 Å². The minimum atomic E-state index is -0.501. The first-order valence-corrected chi connectivity index (χ1v) is 9.18. The third-order valence-corrected chi connectivity index (χ3v) is 4.04. The molecule has 1 aliphatic carbocycles. The van der Waals surface area contributed by atoms with Gasteiger partial charge < -0.3 is 19.5 Å². The van der Waals surface area contributed by atoms with Gasteiger partial charge in [0.25, 0.3) is 0 Å². The van der Waals surface area contributed by atoms with Gasteiger partial charge in [-0.05, 0) is 58.6 Å². The quantitative estimate of drug-likeness (QED) is 0.785. The monoisotopic (exact) mass is 349 g/mol. The molecule has 1 saturated carbocycles. The molecule has 0 heterocycles. The molecule has 1 N–H and O–H groups in total. The second-order valence-corrected chi connectivity index (χ2v) is 7.75. The molecule has 0 spiro atoms. The van der Waals surface area contributed by atoms with E-state index < -0.39 is 11.7 Å². The Kier molecular flexibility index (Phi) is 6.97. The summed E-state index contributed by atoms with van der Waals surface area (Å²) in [4.78, 5) is 11.7. The van der Waals surface area contributed by atoms with Crippen LogP contribution in [0.2, 0.25) is 0 Å². The molecule has 0 aromatic heterocycles. The summed E-state index contributed by atoms with van der Waals surface area (Å²) in [5.74, 6) is 2.25. The normalized spacial score (nSPS) is 16.3. The van der Waals surface area contributed by atoms with Gasteiger partial charge >= 0.3 is 6.09 Å². The van der Waals surface area contributed by atoms with Crippen molar-refractivity contribution in [3.8, 4) is 11.5 Å². The van der Waals surface area contributed by atoms with Crippen molar-refractivity contribution >= 4 is 6.09 Å². The maximum Gasteiger partial charge on any atom is 0.407 e. The molecular formula is C20H31NO4. The van der Waals surface area contributed by atoms with Crippen molar-refractivity contribution in [2.75, 3.05) is 13.2 Å². The number of nitrogens with one attached hydrogen (secondary N) is 1. The summed E-state index contributed by atoms with van der Waals surface area (Å²) in [6.07, 6.45) is 4.57. The third-order valence-electron chi connectivity index (χ3n) is 4.04. The highest BCUT2D eigenvalue weighted by Crippen LogP contribution is 2.27. The summed E-state index contributed by atoms with van der Waals surface area (Å²) in [6.45, 7) is 8.57. The van der Waals surface area contributed by atoms with Crippen LogP contribution in [0.25, 0.3) is 0 Å². The highest BCUT2D eigenvalue weighted by Gasteiger charge is 2.17. The van der Waals surface area contributed by atoms with Gasteiger partial charge in [-0.3, -0.25) is 0 Å². The van der Waals surface area contributed by atoms with E-state index in [2.05, 4.69) is 5.32 Å². The fourth-order valence-corrected chi connectivity index (χ4v) is 2.84. The van der Waals surface area contributed by atoms with Gasteiger partial charge in [-0.2, -0.15) is 0 Å². The van der Waals surface area contributed by atoms with E-state index in [1.54, 1.807) is 0 Å². The molecule has 1 atom stereocenters. The fourth-order valence-electron chi connectivity index (χ4n) is 2.84. The van der Waals surface area contributed by atoms with Crippen molar-refractivity contribution in [1.82, 2.24) is 5.32 Å². The fraction of sp³-hybridized carbons (Fsp3) is 0.650. The number of amides is 1. The largest absolute Gasteiger partial charge is 0.493 e. The predicted molar refractivity (Wildman–Crippen MR) is 98.2 cm³/mol. The molecule has 1 aromatic carbocycles. The van der Waals surface area contributed by atoms with E-state index in [1.165, 1.54) is 25.7 Å². The predicted octanol–water partition coefficient (Wildman–Crippen LogP) is 4.55. The maximum atomic E-state index is 11.7. The molecule has 25 heavy (non-hydrogen) atoms. The van der Waals surface area contributed by atoms with E-state index >= 15 is 0 Å². The van der Waals surface area contributed by atoms with Gasteiger partial charge in [0.1, 0.15) is 23.2 Å². The minimum absolute atomic E-state index is 0.169. The lowest BCUT2D eigenvalue weighted by Crippen LogP contribution is -2.37. The molecule has 140 valence electrons. The van der Waals surface area contributed by atoms with Crippen LogP contribution in [0, 0.1) is 5.92 Å². The van der Waals surface area contributed by atoms with Crippen LogP contribution in [0.5, 0.6) is 11.5 Å². The first kappa shape index (κ1) is 19.4. The Morgan fingerprint density at radius 2 is 1.92 bits per heavy atom. The summed E-state index contributed by atoms with van der Waals surface area (Å²) in [5, 5.41) is 2.72. The molecule has 1 aliphatic rings. The van der Waals surface area contributed by atoms with Crippen molar-refractivity contribution in [2.45, 2.75) is 65.1 Å². The van der Waals surface area contributed by atoms with E-state index in [4.69, 9.17) is 14.2 Å². The van der Waals surface area contributed by atoms with Gasteiger partial charge in [0, 0.05) is 6.07 Å². The van der Waals surface area contributed by atoms with Crippen molar-refractivity contribution < 1.29 is 19.0 Å². The molecular weight excluding hydrogens is 318 g/mol. The number of rotatable bonds is 7. The standard InChI is InChI=1S/C20H31NO4/c1-15(13-21-19(22)25-20(2,3)4)24-18-11-7-10-17(12-18)23-14-16-8-5-6-9-16/h7,10-12,15-16H,5-6,8-9,13-14H2,1-4H3,(H,21,22)/t15-/m1/s1. The number of carbonyl (C=O) groups excluding carboxylic acids is 1. The van der Waals surface area contributed by atoms with Crippen LogP contribution in [0.3, 0.4) is 0 Å². The Balaban J connectivity index is 1.75. The minimum Gasteiger partial charge on any atom is -0.493 e. The summed E-state index contributed by atoms with van der Waals surface area (Å²) in [7, 11) is 0. The Morgan fingerprint density at radius 1 is 1.24 bits per heavy atom. The smallest absolute Gasteiger partial charge is 0.407 e. The van der Waals surface area contributed by atoms with Gasteiger partial charge in [-0.25, -0.2) is 4.79 Å². The Morgan fingerprint density at radius 3 is 2.60 bits per heavy atom.